The maximum absolute atomic E-state index is 12.1. The van der Waals surface area contributed by atoms with Gasteiger partial charge in [-0.2, -0.15) is 4.31 Å². The standard InChI is InChI=1S/C8H11BrN2O2S2/c9-7-1-2-8(14-7)15(12,13)11-4-3-6(10)5-11/h1-2,6H,3-5,10H2. The first-order valence-corrected chi connectivity index (χ1v) is 7.56. The third-order valence-electron chi connectivity index (χ3n) is 2.33. The summed E-state index contributed by atoms with van der Waals surface area (Å²) in [7, 11) is -3.31. The number of hydrogen-bond acceptors (Lipinski definition) is 4. The highest BCUT2D eigenvalue weighted by molar-refractivity contribution is 9.11. The molecule has 0 saturated carbocycles. The molecule has 1 unspecified atom stereocenters. The predicted octanol–water partition coefficient (Wildman–Crippen LogP) is 1.23. The van der Waals surface area contributed by atoms with Gasteiger partial charge in [-0.05, 0) is 34.5 Å². The van der Waals surface area contributed by atoms with Gasteiger partial charge >= 0.3 is 0 Å². The minimum atomic E-state index is -3.31. The van der Waals surface area contributed by atoms with Crippen LogP contribution in [0, 0.1) is 0 Å². The van der Waals surface area contributed by atoms with Crippen LogP contribution in [0.2, 0.25) is 0 Å². The molecular formula is C8H11BrN2O2S2. The Morgan fingerprint density at radius 2 is 2.27 bits per heavy atom. The lowest BCUT2D eigenvalue weighted by Crippen LogP contribution is -2.31. The van der Waals surface area contributed by atoms with Gasteiger partial charge in [0, 0.05) is 19.1 Å². The number of halogens is 1. The molecule has 0 aromatic carbocycles. The summed E-state index contributed by atoms with van der Waals surface area (Å²) in [6.07, 6.45) is 0.742. The number of hydrogen-bond donors (Lipinski definition) is 1. The smallest absolute Gasteiger partial charge is 0.252 e. The first-order chi connectivity index (χ1) is 7.00. The molecule has 2 rings (SSSR count). The fourth-order valence-corrected chi connectivity index (χ4v) is 5.21. The Kier molecular flexibility index (Phi) is 3.18. The molecule has 0 radical (unpaired) electrons. The van der Waals surface area contributed by atoms with E-state index >= 15 is 0 Å². The molecule has 1 saturated heterocycles. The number of sulfonamides is 1. The van der Waals surface area contributed by atoms with Crippen LogP contribution in [0.15, 0.2) is 20.1 Å². The summed E-state index contributed by atoms with van der Waals surface area (Å²) < 4.78 is 26.8. The molecule has 15 heavy (non-hydrogen) atoms. The summed E-state index contributed by atoms with van der Waals surface area (Å²) in [5.74, 6) is 0. The molecular weight excluding hydrogens is 300 g/mol. The Labute approximate surface area is 101 Å². The monoisotopic (exact) mass is 310 g/mol. The van der Waals surface area contributed by atoms with Gasteiger partial charge in [0.15, 0.2) is 0 Å². The molecule has 1 aliphatic rings. The van der Waals surface area contributed by atoms with Crippen molar-refractivity contribution >= 4 is 37.3 Å². The first kappa shape index (κ1) is 11.5. The van der Waals surface area contributed by atoms with Crippen molar-refractivity contribution in [2.45, 2.75) is 16.7 Å². The molecule has 2 heterocycles. The van der Waals surface area contributed by atoms with Gasteiger partial charge in [-0.3, -0.25) is 0 Å². The van der Waals surface area contributed by atoms with Gasteiger partial charge in [-0.25, -0.2) is 8.42 Å². The molecule has 1 fully saturated rings. The van der Waals surface area contributed by atoms with Crippen LogP contribution < -0.4 is 5.73 Å². The first-order valence-electron chi connectivity index (χ1n) is 4.51. The van der Waals surface area contributed by atoms with Gasteiger partial charge in [0.05, 0.1) is 3.79 Å². The predicted molar refractivity (Wildman–Crippen MR) is 63.4 cm³/mol. The van der Waals surface area contributed by atoms with Crippen molar-refractivity contribution in [3.05, 3.63) is 15.9 Å². The van der Waals surface area contributed by atoms with Crippen LogP contribution >= 0.6 is 27.3 Å². The van der Waals surface area contributed by atoms with Crippen LogP contribution in [-0.2, 0) is 10.0 Å². The van der Waals surface area contributed by atoms with Crippen molar-refractivity contribution in [3.8, 4) is 0 Å². The van der Waals surface area contributed by atoms with E-state index in [1.54, 1.807) is 12.1 Å². The van der Waals surface area contributed by atoms with E-state index in [1.165, 1.54) is 15.6 Å². The summed E-state index contributed by atoms with van der Waals surface area (Å²) in [6.45, 7) is 0.955. The fraction of sp³-hybridized carbons (Fsp3) is 0.500. The Bertz CT molecular complexity index is 457. The third-order valence-corrected chi connectivity index (χ3v) is 6.29. The van der Waals surface area contributed by atoms with E-state index in [2.05, 4.69) is 15.9 Å². The molecule has 0 bridgehead atoms. The minimum Gasteiger partial charge on any atom is -0.326 e. The molecule has 84 valence electrons. The van der Waals surface area contributed by atoms with E-state index in [0.717, 1.165) is 10.2 Å². The molecule has 7 heteroatoms. The highest BCUT2D eigenvalue weighted by atomic mass is 79.9. The molecule has 0 aliphatic carbocycles. The Hall–Kier alpha value is 0.0500. The Morgan fingerprint density at radius 1 is 1.53 bits per heavy atom. The number of nitrogens with two attached hydrogens (primary N) is 1. The maximum atomic E-state index is 12.1. The van der Waals surface area contributed by atoms with Crippen molar-refractivity contribution in [1.29, 1.82) is 0 Å². The summed E-state index contributed by atoms with van der Waals surface area (Å²) in [6, 6.07) is 3.34. The van der Waals surface area contributed by atoms with Crippen molar-refractivity contribution in [3.63, 3.8) is 0 Å². The Balaban J connectivity index is 2.27. The average molecular weight is 311 g/mol. The lowest BCUT2D eigenvalue weighted by molar-refractivity contribution is 0.474. The second kappa shape index (κ2) is 4.14. The molecule has 4 nitrogen and oxygen atoms in total. The summed E-state index contributed by atoms with van der Waals surface area (Å²) >= 11 is 4.48. The van der Waals surface area contributed by atoms with Crippen LogP contribution in [0.5, 0.6) is 0 Å². The van der Waals surface area contributed by atoms with E-state index in [9.17, 15) is 8.42 Å². The lowest BCUT2D eigenvalue weighted by atomic mass is 10.3. The SMILES string of the molecule is NC1CCN(S(=O)(=O)c2ccc(Br)s2)C1. The van der Waals surface area contributed by atoms with E-state index < -0.39 is 10.0 Å². The fourth-order valence-electron chi connectivity index (χ4n) is 1.54. The second-order valence-electron chi connectivity index (χ2n) is 3.47. The number of rotatable bonds is 2. The lowest BCUT2D eigenvalue weighted by Gasteiger charge is -2.13. The van der Waals surface area contributed by atoms with Gasteiger partial charge in [0.25, 0.3) is 10.0 Å². The quantitative estimate of drug-likeness (QED) is 0.893. The van der Waals surface area contributed by atoms with Gasteiger partial charge in [0.2, 0.25) is 0 Å². The van der Waals surface area contributed by atoms with E-state index in [0.29, 0.717) is 17.3 Å². The zero-order valence-corrected chi connectivity index (χ0v) is 11.1. The second-order valence-corrected chi connectivity index (χ2v) is 8.10. The minimum absolute atomic E-state index is 0.0248. The van der Waals surface area contributed by atoms with E-state index in [1.807, 2.05) is 0 Å². The van der Waals surface area contributed by atoms with E-state index in [-0.39, 0.29) is 6.04 Å². The summed E-state index contributed by atoms with van der Waals surface area (Å²) in [5, 5.41) is 0. The topological polar surface area (TPSA) is 63.4 Å². The van der Waals surface area contributed by atoms with Gasteiger partial charge in [0.1, 0.15) is 4.21 Å². The van der Waals surface area contributed by atoms with Gasteiger partial charge in [-0.1, -0.05) is 0 Å². The highest BCUT2D eigenvalue weighted by Crippen LogP contribution is 2.29. The number of nitrogens with zero attached hydrogens (tertiary/aromatic N) is 1. The summed E-state index contributed by atoms with van der Waals surface area (Å²) in [4.78, 5) is 0. The largest absolute Gasteiger partial charge is 0.326 e. The van der Waals surface area contributed by atoms with Gasteiger partial charge in [-0.15, -0.1) is 11.3 Å². The van der Waals surface area contributed by atoms with Crippen molar-refractivity contribution in [1.82, 2.24) is 4.31 Å². The molecule has 0 spiro atoms. The molecule has 1 aromatic heterocycles. The van der Waals surface area contributed by atoms with Crippen molar-refractivity contribution < 1.29 is 8.42 Å². The maximum Gasteiger partial charge on any atom is 0.252 e. The van der Waals surface area contributed by atoms with Crippen LogP contribution in [0.4, 0.5) is 0 Å². The third kappa shape index (κ3) is 2.26. The zero-order valence-electron chi connectivity index (χ0n) is 7.89. The van der Waals surface area contributed by atoms with Crippen LogP contribution in [0.1, 0.15) is 6.42 Å². The molecule has 1 atom stereocenters. The van der Waals surface area contributed by atoms with Crippen molar-refractivity contribution in [2.24, 2.45) is 5.73 Å². The van der Waals surface area contributed by atoms with Crippen LogP contribution in [0.25, 0.3) is 0 Å². The average Bonchev–Trinajstić information content (AvgIpc) is 2.74. The molecule has 1 aromatic rings. The van der Waals surface area contributed by atoms with Gasteiger partial charge < -0.3 is 5.73 Å². The molecule has 1 aliphatic heterocycles. The Morgan fingerprint density at radius 3 is 2.73 bits per heavy atom. The van der Waals surface area contributed by atoms with Crippen molar-refractivity contribution in [2.75, 3.05) is 13.1 Å². The zero-order chi connectivity index (χ0) is 11.1. The molecule has 2 N–H and O–H groups in total. The highest BCUT2D eigenvalue weighted by Gasteiger charge is 2.31. The summed E-state index contributed by atoms with van der Waals surface area (Å²) in [5.41, 5.74) is 5.69. The number of thiophene rings is 1. The normalized spacial score (nSPS) is 23.5. The van der Waals surface area contributed by atoms with Crippen LogP contribution in [-0.4, -0.2) is 31.9 Å². The van der Waals surface area contributed by atoms with Crippen LogP contribution in [0.3, 0.4) is 0 Å². The van der Waals surface area contributed by atoms with E-state index in [4.69, 9.17) is 5.73 Å². The molecule has 0 amide bonds.